The Hall–Kier alpha value is -1.59. The van der Waals surface area contributed by atoms with Gasteiger partial charge in [-0.25, -0.2) is 0 Å². The molecular formula is C17H27N3O2. The quantitative estimate of drug-likeness (QED) is 0.461. The van der Waals surface area contributed by atoms with Crippen molar-refractivity contribution in [3.05, 3.63) is 29.8 Å². The highest BCUT2D eigenvalue weighted by Gasteiger charge is 2.13. The van der Waals surface area contributed by atoms with Gasteiger partial charge in [0.05, 0.1) is 6.10 Å². The molecule has 0 aromatic heterocycles. The molecule has 1 aliphatic heterocycles. The number of benzene rings is 1. The van der Waals surface area contributed by atoms with E-state index in [0.29, 0.717) is 18.6 Å². The number of guanidine groups is 1. The molecule has 0 aliphatic carbocycles. The summed E-state index contributed by atoms with van der Waals surface area (Å²) >= 11 is 0. The minimum absolute atomic E-state index is 0.352. The van der Waals surface area contributed by atoms with E-state index in [2.05, 4.69) is 29.4 Å². The molecule has 0 saturated carbocycles. The van der Waals surface area contributed by atoms with E-state index in [0.717, 1.165) is 51.2 Å². The zero-order valence-electron chi connectivity index (χ0n) is 13.4. The molecule has 2 rings (SSSR count). The van der Waals surface area contributed by atoms with Crippen LogP contribution in [-0.2, 0) is 15.9 Å². The second kappa shape index (κ2) is 9.43. The molecule has 1 aromatic carbocycles. The van der Waals surface area contributed by atoms with Crippen LogP contribution in [0, 0.1) is 0 Å². The van der Waals surface area contributed by atoms with Crippen molar-refractivity contribution in [3.8, 4) is 0 Å². The number of hydrogen-bond acceptors (Lipinski definition) is 3. The number of nitrogens with zero attached hydrogens (tertiary/aromatic N) is 1. The van der Waals surface area contributed by atoms with Crippen LogP contribution in [0.5, 0.6) is 0 Å². The van der Waals surface area contributed by atoms with Gasteiger partial charge in [-0.15, -0.1) is 0 Å². The largest absolute Gasteiger partial charge is 0.381 e. The van der Waals surface area contributed by atoms with Crippen LogP contribution in [0.3, 0.4) is 0 Å². The molecule has 0 atom stereocenters. The molecule has 0 bridgehead atoms. The van der Waals surface area contributed by atoms with Gasteiger partial charge in [0, 0.05) is 32.1 Å². The standard InChI is InChI=1S/C17H27N3O2/c1-2-14-5-3-6-15(13-14)20-17(18)19-9-4-10-22-16-7-11-21-12-8-16/h3,5-6,13,16H,2,4,7-12H2,1H3,(H3,18,19,20). The number of rotatable bonds is 7. The summed E-state index contributed by atoms with van der Waals surface area (Å²) in [6, 6.07) is 8.22. The Bertz CT molecular complexity index is 471. The van der Waals surface area contributed by atoms with Gasteiger partial charge in [0.2, 0.25) is 0 Å². The second-order valence-electron chi connectivity index (χ2n) is 5.48. The maximum atomic E-state index is 5.90. The van der Waals surface area contributed by atoms with Crippen LogP contribution in [-0.4, -0.2) is 38.4 Å². The maximum Gasteiger partial charge on any atom is 0.193 e. The van der Waals surface area contributed by atoms with Crippen molar-refractivity contribution in [1.82, 2.24) is 0 Å². The lowest BCUT2D eigenvalue weighted by Gasteiger charge is -2.22. The van der Waals surface area contributed by atoms with Gasteiger partial charge in [-0.3, -0.25) is 4.99 Å². The Balaban J connectivity index is 1.64. The number of aliphatic imine (C=N–C) groups is 1. The van der Waals surface area contributed by atoms with E-state index < -0.39 is 0 Å². The topological polar surface area (TPSA) is 68.9 Å². The van der Waals surface area contributed by atoms with Gasteiger partial charge in [0.1, 0.15) is 0 Å². The minimum atomic E-state index is 0.352. The lowest BCUT2D eigenvalue weighted by molar-refractivity contribution is -0.0318. The molecular weight excluding hydrogens is 278 g/mol. The molecule has 0 amide bonds. The summed E-state index contributed by atoms with van der Waals surface area (Å²) in [5.41, 5.74) is 8.17. The predicted molar refractivity (Wildman–Crippen MR) is 90.3 cm³/mol. The highest BCUT2D eigenvalue weighted by molar-refractivity contribution is 5.92. The van der Waals surface area contributed by atoms with Crippen LogP contribution in [0.25, 0.3) is 0 Å². The highest BCUT2D eigenvalue weighted by Crippen LogP contribution is 2.11. The molecule has 1 heterocycles. The van der Waals surface area contributed by atoms with Crippen molar-refractivity contribution >= 4 is 11.6 Å². The molecule has 1 aromatic rings. The van der Waals surface area contributed by atoms with Gasteiger partial charge in [-0.2, -0.15) is 0 Å². The summed E-state index contributed by atoms with van der Waals surface area (Å²) in [6.45, 7) is 5.17. The molecule has 22 heavy (non-hydrogen) atoms. The summed E-state index contributed by atoms with van der Waals surface area (Å²) < 4.78 is 11.1. The summed E-state index contributed by atoms with van der Waals surface area (Å²) in [5, 5.41) is 3.13. The average molecular weight is 305 g/mol. The van der Waals surface area contributed by atoms with Crippen LogP contribution in [0.4, 0.5) is 5.69 Å². The van der Waals surface area contributed by atoms with Gasteiger partial charge in [-0.1, -0.05) is 19.1 Å². The third-order valence-electron chi connectivity index (χ3n) is 3.71. The van der Waals surface area contributed by atoms with Crippen LogP contribution in [0.15, 0.2) is 29.3 Å². The van der Waals surface area contributed by atoms with Crippen LogP contribution < -0.4 is 11.1 Å². The molecule has 0 unspecified atom stereocenters. The SMILES string of the molecule is CCc1cccc(NC(N)=NCCCOC2CCOCC2)c1. The lowest BCUT2D eigenvalue weighted by Crippen LogP contribution is -2.24. The van der Waals surface area contributed by atoms with Gasteiger partial charge in [0.15, 0.2) is 5.96 Å². The summed E-state index contributed by atoms with van der Waals surface area (Å²) in [5.74, 6) is 0.458. The Labute approximate surface area is 132 Å². The minimum Gasteiger partial charge on any atom is -0.381 e. The first-order valence-corrected chi connectivity index (χ1v) is 8.13. The van der Waals surface area contributed by atoms with Crippen molar-refractivity contribution in [2.45, 2.75) is 38.7 Å². The molecule has 3 N–H and O–H groups in total. The van der Waals surface area contributed by atoms with Crippen molar-refractivity contribution in [2.24, 2.45) is 10.7 Å². The molecule has 0 radical (unpaired) electrons. The van der Waals surface area contributed by atoms with Crippen LogP contribution >= 0.6 is 0 Å². The van der Waals surface area contributed by atoms with Gasteiger partial charge >= 0.3 is 0 Å². The number of anilines is 1. The van der Waals surface area contributed by atoms with E-state index in [-0.39, 0.29) is 0 Å². The Morgan fingerprint density at radius 3 is 3.00 bits per heavy atom. The molecule has 122 valence electrons. The summed E-state index contributed by atoms with van der Waals surface area (Å²) in [6.07, 6.45) is 4.25. The van der Waals surface area contributed by atoms with Gasteiger partial charge in [-0.05, 0) is 43.4 Å². The number of ether oxygens (including phenoxy) is 2. The number of nitrogens with one attached hydrogen (secondary N) is 1. The summed E-state index contributed by atoms with van der Waals surface area (Å²) in [4.78, 5) is 4.34. The third-order valence-corrected chi connectivity index (χ3v) is 3.71. The monoisotopic (exact) mass is 305 g/mol. The second-order valence-corrected chi connectivity index (χ2v) is 5.48. The maximum absolute atomic E-state index is 5.90. The lowest BCUT2D eigenvalue weighted by atomic mass is 10.1. The number of aryl methyl sites for hydroxylation is 1. The molecule has 1 aliphatic rings. The smallest absolute Gasteiger partial charge is 0.193 e. The molecule has 5 nitrogen and oxygen atoms in total. The Morgan fingerprint density at radius 2 is 2.23 bits per heavy atom. The van der Waals surface area contributed by atoms with Crippen molar-refractivity contribution < 1.29 is 9.47 Å². The van der Waals surface area contributed by atoms with Gasteiger partial charge < -0.3 is 20.5 Å². The third kappa shape index (κ3) is 6.03. The molecule has 0 spiro atoms. The fraction of sp³-hybridized carbons (Fsp3) is 0.588. The first kappa shape index (κ1) is 16.8. The zero-order valence-corrected chi connectivity index (χ0v) is 13.4. The van der Waals surface area contributed by atoms with E-state index in [1.807, 2.05) is 12.1 Å². The first-order valence-electron chi connectivity index (χ1n) is 8.13. The Kier molecular flexibility index (Phi) is 7.19. The van der Waals surface area contributed by atoms with Crippen molar-refractivity contribution in [3.63, 3.8) is 0 Å². The van der Waals surface area contributed by atoms with Crippen LogP contribution in [0.2, 0.25) is 0 Å². The van der Waals surface area contributed by atoms with Crippen molar-refractivity contribution in [2.75, 3.05) is 31.7 Å². The fourth-order valence-corrected chi connectivity index (χ4v) is 2.41. The molecule has 1 fully saturated rings. The normalized spacial score (nSPS) is 16.7. The molecule has 1 saturated heterocycles. The molecule has 5 heteroatoms. The average Bonchev–Trinajstić information content (AvgIpc) is 2.55. The number of nitrogens with two attached hydrogens (primary N) is 1. The van der Waals surface area contributed by atoms with Crippen LogP contribution in [0.1, 0.15) is 31.7 Å². The first-order chi connectivity index (χ1) is 10.8. The van der Waals surface area contributed by atoms with E-state index >= 15 is 0 Å². The van der Waals surface area contributed by atoms with E-state index in [1.54, 1.807) is 0 Å². The highest BCUT2D eigenvalue weighted by atomic mass is 16.5. The van der Waals surface area contributed by atoms with E-state index in [4.69, 9.17) is 15.2 Å². The number of hydrogen-bond donors (Lipinski definition) is 2. The van der Waals surface area contributed by atoms with Crippen molar-refractivity contribution in [1.29, 1.82) is 0 Å². The Morgan fingerprint density at radius 1 is 1.41 bits per heavy atom. The van der Waals surface area contributed by atoms with E-state index in [9.17, 15) is 0 Å². The zero-order chi connectivity index (χ0) is 15.6. The van der Waals surface area contributed by atoms with Gasteiger partial charge in [0.25, 0.3) is 0 Å². The van der Waals surface area contributed by atoms with E-state index in [1.165, 1.54) is 5.56 Å². The predicted octanol–water partition coefficient (Wildman–Crippen LogP) is 2.56. The summed E-state index contributed by atoms with van der Waals surface area (Å²) in [7, 11) is 0. The fourth-order valence-electron chi connectivity index (χ4n) is 2.41.